The topological polar surface area (TPSA) is 71.4 Å². The molecule has 2 N–H and O–H groups in total. The van der Waals surface area contributed by atoms with E-state index >= 15 is 0 Å². The first-order valence-electron chi connectivity index (χ1n) is 6.70. The van der Waals surface area contributed by atoms with Crippen LogP contribution in [0.25, 0.3) is 22.1 Å². The van der Waals surface area contributed by atoms with Crippen molar-refractivity contribution in [1.82, 2.24) is 24.7 Å². The molecule has 104 valence electrons. The number of aromatic amines is 1. The Morgan fingerprint density at radius 2 is 2.14 bits per heavy atom. The molecule has 6 heteroatoms. The van der Waals surface area contributed by atoms with Crippen molar-refractivity contribution in [3.05, 3.63) is 42.4 Å². The number of aryl methyl sites for hydroxylation is 2. The monoisotopic (exact) mass is 278 g/mol. The van der Waals surface area contributed by atoms with E-state index in [1.165, 1.54) is 5.56 Å². The second kappa shape index (κ2) is 4.31. The third-order valence-corrected chi connectivity index (χ3v) is 3.61. The van der Waals surface area contributed by atoms with Crippen LogP contribution in [0, 0.1) is 6.92 Å². The SMILES string of the molecule is Cc1cn(C)c2ncc(Nc3[nH]nc4ncccc34)cc12. The number of rotatable bonds is 2. The summed E-state index contributed by atoms with van der Waals surface area (Å²) >= 11 is 0. The number of pyridine rings is 2. The molecule has 0 amide bonds. The van der Waals surface area contributed by atoms with Gasteiger partial charge in [-0.1, -0.05) is 0 Å². The molecule has 21 heavy (non-hydrogen) atoms. The minimum atomic E-state index is 0.699. The molecule has 0 saturated heterocycles. The minimum absolute atomic E-state index is 0.699. The molecule has 0 fully saturated rings. The van der Waals surface area contributed by atoms with Gasteiger partial charge >= 0.3 is 0 Å². The summed E-state index contributed by atoms with van der Waals surface area (Å²) in [7, 11) is 2.00. The van der Waals surface area contributed by atoms with E-state index in [2.05, 4.69) is 44.7 Å². The van der Waals surface area contributed by atoms with E-state index in [4.69, 9.17) is 0 Å². The van der Waals surface area contributed by atoms with Crippen molar-refractivity contribution in [3.8, 4) is 0 Å². The summed E-state index contributed by atoms with van der Waals surface area (Å²) in [6.07, 6.45) is 5.63. The molecule has 0 radical (unpaired) electrons. The predicted molar refractivity (Wildman–Crippen MR) is 82.6 cm³/mol. The Morgan fingerprint density at radius 1 is 1.24 bits per heavy atom. The molecule has 0 saturated carbocycles. The van der Waals surface area contributed by atoms with Crippen molar-refractivity contribution < 1.29 is 0 Å². The van der Waals surface area contributed by atoms with Crippen molar-refractivity contribution in [1.29, 1.82) is 0 Å². The summed E-state index contributed by atoms with van der Waals surface area (Å²) in [5, 5.41) is 12.6. The van der Waals surface area contributed by atoms with Gasteiger partial charge in [0.2, 0.25) is 0 Å². The van der Waals surface area contributed by atoms with Crippen LogP contribution in [0.3, 0.4) is 0 Å². The maximum absolute atomic E-state index is 4.51. The van der Waals surface area contributed by atoms with Crippen molar-refractivity contribution >= 4 is 33.6 Å². The Hall–Kier alpha value is -2.89. The fraction of sp³-hybridized carbons (Fsp3) is 0.133. The lowest BCUT2D eigenvalue weighted by Crippen LogP contribution is -1.93. The van der Waals surface area contributed by atoms with Crippen LogP contribution in [-0.2, 0) is 7.05 Å². The molecule has 0 unspecified atom stereocenters. The zero-order valence-electron chi connectivity index (χ0n) is 11.8. The second-order valence-corrected chi connectivity index (χ2v) is 5.12. The highest BCUT2D eigenvalue weighted by molar-refractivity contribution is 5.90. The maximum Gasteiger partial charge on any atom is 0.183 e. The number of H-pyrrole nitrogens is 1. The second-order valence-electron chi connectivity index (χ2n) is 5.12. The molecule has 0 bridgehead atoms. The lowest BCUT2D eigenvalue weighted by molar-refractivity contribution is 0.944. The van der Waals surface area contributed by atoms with E-state index in [9.17, 15) is 0 Å². The van der Waals surface area contributed by atoms with Crippen LogP contribution in [0.1, 0.15) is 5.56 Å². The van der Waals surface area contributed by atoms with Crippen LogP contribution < -0.4 is 5.32 Å². The first kappa shape index (κ1) is 11.9. The number of hydrogen-bond donors (Lipinski definition) is 2. The van der Waals surface area contributed by atoms with E-state index in [0.29, 0.717) is 5.65 Å². The van der Waals surface area contributed by atoms with Crippen molar-refractivity contribution in [2.75, 3.05) is 5.32 Å². The standard InChI is InChI=1S/C15H14N6/c1-9-8-21(2)15-12(9)6-10(7-17-15)18-14-11-4-3-5-16-13(11)19-20-14/h3-8H,1-2H3,(H2,16,18,19,20). The minimum Gasteiger partial charge on any atom is -0.339 e. The molecular formula is C15H14N6. The average Bonchev–Trinajstić information content (AvgIpc) is 3.02. The number of hydrogen-bond acceptors (Lipinski definition) is 4. The zero-order chi connectivity index (χ0) is 14.4. The Kier molecular flexibility index (Phi) is 2.44. The molecule has 4 aromatic heterocycles. The molecule has 6 nitrogen and oxygen atoms in total. The molecule has 4 rings (SSSR count). The van der Waals surface area contributed by atoms with Gasteiger partial charge in [0.25, 0.3) is 0 Å². The van der Waals surface area contributed by atoms with Gasteiger partial charge in [-0.2, -0.15) is 5.10 Å². The molecule has 4 heterocycles. The smallest absolute Gasteiger partial charge is 0.183 e. The summed E-state index contributed by atoms with van der Waals surface area (Å²) in [4.78, 5) is 8.72. The molecule has 4 aromatic rings. The summed E-state index contributed by atoms with van der Waals surface area (Å²) in [6.45, 7) is 2.09. The fourth-order valence-corrected chi connectivity index (χ4v) is 2.61. The summed E-state index contributed by atoms with van der Waals surface area (Å²) in [5.41, 5.74) is 3.81. The molecule has 0 aliphatic heterocycles. The first-order chi connectivity index (χ1) is 10.2. The highest BCUT2D eigenvalue weighted by Crippen LogP contribution is 2.25. The van der Waals surface area contributed by atoms with E-state index in [1.807, 2.05) is 29.9 Å². The predicted octanol–water partition coefficient (Wildman–Crippen LogP) is 2.90. The van der Waals surface area contributed by atoms with Crippen LogP contribution in [0.5, 0.6) is 0 Å². The summed E-state index contributed by atoms with van der Waals surface area (Å²) < 4.78 is 2.03. The fourth-order valence-electron chi connectivity index (χ4n) is 2.61. The van der Waals surface area contributed by atoms with Gasteiger partial charge in [-0.25, -0.2) is 9.97 Å². The first-order valence-corrected chi connectivity index (χ1v) is 6.70. The van der Waals surface area contributed by atoms with Gasteiger partial charge in [0.15, 0.2) is 5.65 Å². The summed E-state index contributed by atoms with van der Waals surface area (Å²) in [5.74, 6) is 0.827. The number of nitrogens with one attached hydrogen (secondary N) is 2. The highest BCUT2D eigenvalue weighted by atomic mass is 15.2. The number of nitrogens with zero attached hydrogens (tertiary/aromatic N) is 4. The number of aromatic nitrogens is 5. The highest BCUT2D eigenvalue weighted by Gasteiger charge is 2.08. The zero-order valence-corrected chi connectivity index (χ0v) is 11.8. The largest absolute Gasteiger partial charge is 0.339 e. The molecule has 0 aliphatic rings. The molecule has 0 atom stereocenters. The van der Waals surface area contributed by atoms with E-state index in [1.54, 1.807) is 6.20 Å². The molecule has 0 aromatic carbocycles. The van der Waals surface area contributed by atoms with E-state index in [-0.39, 0.29) is 0 Å². The van der Waals surface area contributed by atoms with Gasteiger partial charge in [0.1, 0.15) is 11.5 Å². The Labute approximate surface area is 120 Å². The normalized spacial score (nSPS) is 11.3. The maximum atomic E-state index is 4.51. The van der Waals surface area contributed by atoms with Crippen LogP contribution in [0.4, 0.5) is 11.5 Å². The molecular weight excluding hydrogens is 264 g/mol. The lowest BCUT2D eigenvalue weighted by atomic mass is 10.2. The third-order valence-electron chi connectivity index (χ3n) is 3.61. The van der Waals surface area contributed by atoms with Crippen molar-refractivity contribution in [2.45, 2.75) is 6.92 Å². The van der Waals surface area contributed by atoms with Gasteiger partial charge in [-0.3, -0.25) is 5.10 Å². The number of fused-ring (bicyclic) bond motifs is 2. The van der Waals surface area contributed by atoms with Crippen LogP contribution in [0.2, 0.25) is 0 Å². The molecule has 0 aliphatic carbocycles. The Balaban J connectivity index is 1.78. The van der Waals surface area contributed by atoms with Gasteiger partial charge in [0.05, 0.1) is 17.3 Å². The van der Waals surface area contributed by atoms with Gasteiger partial charge in [-0.15, -0.1) is 0 Å². The van der Waals surface area contributed by atoms with Crippen LogP contribution in [0.15, 0.2) is 36.8 Å². The number of anilines is 2. The lowest BCUT2D eigenvalue weighted by Gasteiger charge is -2.04. The van der Waals surface area contributed by atoms with Crippen molar-refractivity contribution in [2.24, 2.45) is 7.05 Å². The summed E-state index contributed by atoms with van der Waals surface area (Å²) in [6, 6.07) is 5.97. The van der Waals surface area contributed by atoms with Gasteiger partial charge < -0.3 is 9.88 Å². The van der Waals surface area contributed by atoms with Gasteiger partial charge in [-0.05, 0) is 30.7 Å². The van der Waals surface area contributed by atoms with E-state index in [0.717, 1.165) is 27.9 Å². The molecule has 0 spiro atoms. The van der Waals surface area contributed by atoms with Crippen LogP contribution >= 0.6 is 0 Å². The Morgan fingerprint density at radius 3 is 3.05 bits per heavy atom. The van der Waals surface area contributed by atoms with Gasteiger partial charge in [0, 0.05) is 24.8 Å². The van der Waals surface area contributed by atoms with Crippen LogP contribution in [-0.4, -0.2) is 24.7 Å². The third kappa shape index (κ3) is 1.84. The average molecular weight is 278 g/mol. The Bertz CT molecular complexity index is 949. The van der Waals surface area contributed by atoms with E-state index < -0.39 is 0 Å². The van der Waals surface area contributed by atoms with Crippen molar-refractivity contribution in [3.63, 3.8) is 0 Å². The quantitative estimate of drug-likeness (QED) is 0.591.